The van der Waals surface area contributed by atoms with E-state index in [1.54, 1.807) is 0 Å². The summed E-state index contributed by atoms with van der Waals surface area (Å²) in [7, 11) is 0. The lowest BCUT2D eigenvalue weighted by molar-refractivity contribution is 0.0986. The first kappa shape index (κ1) is 21.5. The zero-order valence-corrected chi connectivity index (χ0v) is 19.1. The lowest BCUT2D eigenvalue weighted by Gasteiger charge is -2.39. The smallest absolute Gasteiger partial charge is 0.173 e. The van der Waals surface area contributed by atoms with Crippen LogP contribution in [0.3, 0.4) is 0 Å². The molecule has 8 heteroatoms. The van der Waals surface area contributed by atoms with Crippen LogP contribution in [0.1, 0.15) is 61.1 Å². The number of aromatic nitrogens is 5. The third kappa shape index (κ3) is 4.85. The van der Waals surface area contributed by atoms with Crippen molar-refractivity contribution in [2.75, 3.05) is 26.2 Å². The minimum Gasteiger partial charge on any atom is -0.297 e. The quantitative estimate of drug-likeness (QED) is 0.561. The van der Waals surface area contributed by atoms with E-state index >= 15 is 0 Å². The van der Waals surface area contributed by atoms with Gasteiger partial charge >= 0.3 is 0 Å². The molecule has 1 saturated carbocycles. The second-order valence-corrected chi connectivity index (χ2v) is 9.33. The van der Waals surface area contributed by atoms with Gasteiger partial charge in [0.25, 0.3) is 0 Å². The number of tetrazole rings is 1. The fourth-order valence-corrected chi connectivity index (χ4v) is 5.19. The van der Waals surface area contributed by atoms with E-state index in [0.717, 1.165) is 56.4 Å². The first-order valence-corrected chi connectivity index (χ1v) is 12.0. The summed E-state index contributed by atoms with van der Waals surface area (Å²) in [6, 6.07) is 12.8. The molecule has 0 N–H and O–H groups in total. The van der Waals surface area contributed by atoms with Gasteiger partial charge in [-0.3, -0.25) is 14.8 Å². The number of rotatable bonds is 6. The van der Waals surface area contributed by atoms with Crippen molar-refractivity contribution in [3.63, 3.8) is 0 Å². The summed E-state index contributed by atoms with van der Waals surface area (Å²) in [6.45, 7) is 4.92. The summed E-state index contributed by atoms with van der Waals surface area (Å²) in [5, 5.41) is 13.9. The number of hydrogen-bond acceptors (Lipinski definition) is 6. The molecule has 0 bridgehead atoms. The van der Waals surface area contributed by atoms with Crippen molar-refractivity contribution in [1.29, 1.82) is 0 Å². The van der Waals surface area contributed by atoms with Crippen LogP contribution in [-0.2, 0) is 6.54 Å². The van der Waals surface area contributed by atoms with Crippen LogP contribution in [0.2, 0.25) is 5.02 Å². The van der Waals surface area contributed by atoms with Crippen LogP contribution in [0.5, 0.6) is 0 Å². The molecule has 1 aliphatic carbocycles. The molecule has 168 valence electrons. The Morgan fingerprint density at radius 1 is 0.906 bits per heavy atom. The van der Waals surface area contributed by atoms with Crippen LogP contribution < -0.4 is 0 Å². The summed E-state index contributed by atoms with van der Waals surface area (Å²) < 4.78 is 2.11. The van der Waals surface area contributed by atoms with Gasteiger partial charge < -0.3 is 0 Å². The third-order valence-electron chi connectivity index (χ3n) is 6.80. The van der Waals surface area contributed by atoms with E-state index in [0.29, 0.717) is 6.04 Å². The van der Waals surface area contributed by atoms with Gasteiger partial charge in [-0.25, -0.2) is 4.68 Å². The van der Waals surface area contributed by atoms with Crippen LogP contribution in [-0.4, -0.2) is 61.2 Å². The zero-order chi connectivity index (χ0) is 21.8. The maximum atomic E-state index is 6.21. The van der Waals surface area contributed by atoms with Gasteiger partial charge in [-0.2, -0.15) is 0 Å². The molecule has 0 amide bonds. The highest BCUT2D eigenvalue weighted by Crippen LogP contribution is 2.34. The van der Waals surface area contributed by atoms with Crippen LogP contribution in [0.15, 0.2) is 48.8 Å². The van der Waals surface area contributed by atoms with Crippen LogP contribution >= 0.6 is 11.6 Å². The van der Waals surface area contributed by atoms with E-state index in [4.69, 9.17) is 11.6 Å². The number of pyridine rings is 1. The molecular formula is C24H30ClN7. The van der Waals surface area contributed by atoms with Gasteiger partial charge in [0.2, 0.25) is 0 Å². The number of hydrogen-bond donors (Lipinski definition) is 0. The number of benzene rings is 1. The molecule has 32 heavy (non-hydrogen) atoms. The van der Waals surface area contributed by atoms with Crippen LogP contribution in [0, 0.1) is 0 Å². The highest BCUT2D eigenvalue weighted by Gasteiger charge is 2.32. The largest absolute Gasteiger partial charge is 0.297 e. The van der Waals surface area contributed by atoms with Crippen molar-refractivity contribution < 1.29 is 0 Å². The van der Waals surface area contributed by atoms with E-state index in [9.17, 15) is 0 Å². The molecule has 0 radical (unpaired) electrons. The molecule has 7 nitrogen and oxygen atoms in total. The first-order chi connectivity index (χ1) is 15.8. The van der Waals surface area contributed by atoms with Crippen molar-refractivity contribution in [1.82, 2.24) is 35.0 Å². The predicted molar refractivity (Wildman–Crippen MR) is 124 cm³/mol. The minimum absolute atomic E-state index is 0.0345. The fourth-order valence-electron chi connectivity index (χ4n) is 5.06. The first-order valence-electron chi connectivity index (χ1n) is 11.7. The molecule has 1 aliphatic heterocycles. The Bertz CT molecular complexity index is 977. The van der Waals surface area contributed by atoms with Crippen LogP contribution in [0.25, 0.3) is 0 Å². The molecule has 5 rings (SSSR count). The van der Waals surface area contributed by atoms with E-state index in [2.05, 4.69) is 59.3 Å². The number of nitrogens with zero attached hydrogens (tertiary/aromatic N) is 7. The fraction of sp³-hybridized carbons (Fsp3) is 0.500. The lowest BCUT2D eigenvalue weighted by Crippen LogP contribution is -2.48. The summed E-state index contributed by atoms with van der Waals surface area (Å²) in [6.07, 6.45) is 9.87. The van der Waals surface area contributed by atoms with E-state index in [1.807, 2.05) is 24.5 Å². The van der Waals surface area contributed by atoms with E-state index < -0.39 is 0 Å². The van der Waals surface area contributed by atoms with Crippen LogP contribution in [0.4, 0.5) is 0 Å². The third-order valence-corrected chi connectivity index (χ3v) is 7.05. The van der Waals surface area contributed by atoms with Gasteiger partial charge in [0.15, 0.2) is 5.82 Å². The molecule has 2 aromatic heterocycles. The Morgan fingerprint density at radius 2 is 1.62 bits per heavy atom. The van der Waals surface area contributed by atoms with Crippen molar-refractivity contribution in [2.24, 2.45) is 0 Å². The Morgan fingerprint density at radius 3 is 2.34 bits per heavy atom. The molecule has 1 atom stereocenters. The highest BCUT2D eigenvalue weighted by molar-refractivity contribution is 6.30. The van der Waals surface area contributed by atoms with Gasteiger partial charge in [-0.15, -0.1) is 5.10 Å². The normalized spacial score (nSPS) is 19.8. The van der Waals surface area contributed by atoms with Gasteiger partial charge in [-0.05, 0) is 58.7 Å². The summed E-state index contributed by atoms with van der Waals surface area (Å²) >= 11 is 6.21. The second-order valence-electron chi connectivity index (χ2n) is 8.90. The predicted octanol–water partition coefficient (Wildman–Crippen LogP) is 4.13. The summed E-state index contributed by atoms with van der Waals surface area (Å²) in [5.74, 6) is 0.960. The average Bonchev–Trinajstić information content (AvgIpc) is 3.32. The molecule has 2 aliphatic rings. The number of halogens is 1. The maximum Gasteiger partial charge on any atom is 0.173 e. The molecular weight excluding hydrogens is 422 g/mol. The molecule has 3 aromatic rings. The Labute approximate surface area is 194 Å². The SMILES string of the molecule is Clc1ccc(C(c2nnnn2C2CCCCC2)N2CCN(Cc3ccncc3)CC2)cc1. The molecule has 2 fully saturated rings. The van der Waals surface area contributed by atoms with Crippen molar-refractivity contribution in [3.05, 3.63) is 70.8 Å². The Kier molecular flexibility index (Phi) is 6.76. The van der Waals surface area contributed by atoms with Crippen molar-refractivity contribution >= 4 is 11.6 Å². The molecule has 3 heterocycles. The average molecular weight is 452 g/mol. The zero-order valence-electron chi connectivity index (χ0n) is 18.4. The summed E-state index contributed by atoms with van der Waals surface area (Å²) in [5.41, 5.74) is 2.51. The maximum absolute atomic E-state index is 6.21. The molecule has 0 spiro atoms. The van der Waals surface area contributed by atoms with Gasteiger partial charge in [0.05, 0.1) is 12.1 Å². The molecule has 1 unspecified atom stereocenters. The topological polar surface area (TPSA) is 63.0 Å². The standard InChI is InChI=1S/C24H30ClN7/c25-21-8-6-20(7-9-21)23(24-27-28-29-32(24)22-4-2-1-3-5-22)31-16-14-30(15-17-31)18-19-10-12-26-13-11-19/h6-13,22-23H,1-5,14-18H2. The van der Waals surface area contributed by atoms with Crippen molar-refractivity contribution in [3.8, 4) is 0 Å². The highest BCUT2D eigenvalue weighted by atomic mass is 35.5. The molecule has 1 saturated heterocycles. The second kappa shape index (κ2) is 10.1. The van der Waals surface area contributed by atoms with E-state index in [-0.39, 0.29) is 6.04 Å². The minimum atomic E-state index is 0.0345. The van der Waals surface area contributed by atoms with Gasteiger partial charge in [0.1, 0.15) is 0 Å². The number of piperazine rings is 1. The lowest BCUT2D eigenvalue weighted by atomic mass is 9.95. The monoisotopic (exact) mass is 451 g/mol. The van der Waals surface area contributed by atoms with Crippen molar-refractivity contribution in [2.45, 2.75) is 50.7 Å². The van der Waals surface area contributed by atoms with Gasteiger partial charge in [-0.1, -0.05) is 43.0 Å². The van der Waals surface area contributed by atoms with E-state index in [1.165, 1.54) is 30.4 Å². The van der Waals surface area contributed by atoms with Gasteiger partial charge in [0, 0.05) is 50.1 Å². The summed E-state index contributed by atoms with van der Waals surface area (Å²) in [4.78, 5) is 9.17. The molecule has 1 aromatic carbocycles. The Balaban J connectivity index is 1.37. The Hall–Kier alpha value is -2.35.